The second-order valence-electron chi connectivity index (χ2n) is 1.70. The normalized spacial score (nSPS) is 10.9. The van der Waals surface area contributed by atoms with Crippen LogP contribution in [0.4, 0.5) is 0 Å². The zero-order valence-electron chi connectivity index (χ0n) is 5.83. The van der Waals surface area contributed by atoms with E-state index in [1.807, 2.05) is 0 Å². The first-order chi connectivity index (χ1) is 5.11. The number of carbonyl (C=O) groups excluding carboxylic acids is 1. The lowest BCUT2D eigenvalue weighted by atomic mass is 10.2. The second kappa shape index (κ2) is 4.73. The van der Waals surface area contributed by atoms with Crippen LogP contribution in [-0.4, -0.2) is 24.2 Å². The average molecular weight is 179 g/mol. The van der Waals surface area contributed by atoms with Crippen molar-refractivity contribution in [3.63, 3.8) is 0 Å². The Morgan fingerprint density at radius 2 is 2.18 bits per heavy atom. The molecular formula is C6H7ClO4. The first kappa shape index (κ1) is 9.97. The van der Waals surface area contributed by atoms with E-state index in [1.54, 1.807) is 0 Å². The summed E-state index contributed by atoms with van der Waals surface area (Å²) in [4.78, 5) is 20.7. The molecule has 0 saturated carbocycles. The van der Waals surface area contributed by atoms with Crippen molar-refractivity contribution in [1.29, 1.82) is 0 Å². The van der Waals surface area contributed by atoms with Crippen LogP contribution in [0, 0.1) is 0 Å². The van der Waals surface area contributed by atoms with E-state index in [0.717, 1.165) is 12.6 Å². The third kappa shape index (κ3) is 3.62. The molecule has 0 aliphatic carbocycles. The smallest absolute Gasteiger partial charge is 0.335 e. The molecule has 0 radical (unpaired) electrons. The van der Waals surface area contributed by atoms with Gasteiger partial charge < -0.3 is 9.84 Å². The number of esters is 1. The van der Waals surface area contributed by atoms with Gasteiger partial charge in [0.15, 0.2) is 0 Å². The summed E-state index contributed by atoms with van der Waals surface area (Å²) in [6, 6.07) is 0. The average Bonchev–Trinajstić information content (AvgIpc) is 1.98. The number of carboxylic acid groups (broad SMARTS) is 1. The van der Waals surface area contributed by atoms with Crippen molar-refractivity contribution in [2.45, 2.75) is 6.42 Å². The molecule has 0 atom stereocenters. The minimum absolute atomic E-state index is 0.0679. The maximum atomic E-state index is 10.6. The van der Waals surface area contributed by atoms with E-state index in [0.29, 0.717) is 0 Å². The van der Waals surface area contributed by atoms with Gasteiger partial charge in [-0.2, -0.15) is 0 Å². The molecule has 0 unspecified atom stereocenters. The molecule has 5 heteroatoms. The number of carboxylic acids is 1. The van der Waals surface area contributed by atoms with Gasteiger partial charge in [0.25, 0.3) is 0 Å². The van der Waals surface area contributed by atoms with E-state index >= 15 is 0 Å². The summed E-state index contributed by atoms with van der Waals surface area (Å²) in [5.41, 5.74) is 0.835. The quantitative estimate of drug-likeness (QED) is 0.512. The second-order valence-corrected chi connectivity index (χ2v) is 1.91. The van der Waals surface area contributed by atoms with Crippen molar-refractivity contribution in [3.8, 4) is 0 Å². The van der Waals surface area contributed by atoms with E-state index in [1.165, 1.54) is 0 Å². The third-order valence-corrected chi connectivity index (χ3v) is 1.18. The first-order valence-corrected chi connectivity index (χ1v) is 3.14. The molecule has 0 fully saturated rings. The summed E-state index contributed by atoms with van der Waals surface area (Å²) in [5.74, 6) is -1.84. The molecule has 0 spiro atoms. The SMILES string of the molecule is COC(=O)/C(=C\Cl)CC(=O)O. The highest BCUT2D eigenvalue weighted by Gasteiger charge is 2.12. The maximum absolute atomic E-state index is 10.6. The van der Waals surface area contributed by atoms with Gasteiger partial charge in [-0.3, -0.25) is 4.79 Å². The fourth-order valence-corrected chi connectivity index (χ4v) is 0.616. The van der Waals surface area contributed by atoms with Crippen LogP contribution in [-0.2, 0) is 14.3 Å². The molecule has 0 aliphatic rings. The molecule has 0 saturated heterocycles. The zero-order chi connectivity index (χ0) is 8.85. The zero-order valence-corrected chi connectivity index (χ0v) is 6.59. The largest absolute Gasteiger partial charge is 0.481 e. The Morgan fingerprint density at radius 3 is 2.45 bits per heavy atom. The molecule has 1 N–H and O–H groups in total. The molecule has 62 valence electrons. The predicted molar refractivity (Wildman–Crippen MR) is 38.2 cm³/mol. The number of rotatable bonds is 3. The molecule has 0 rings (SSSR count). The molecule has 0 heterocycles. The Bertz CT molecular complexity index is 197. The van der Waals surface area contributed by atoms with Crippen molar-refractivity contribution in [1.82, 2.24) is 0 Å². The van der Waals surface area contributed by atoms with E-state index in [-0.39, 0.29) is 5.57 Å². The van der Waals surface area contributed by atoms with Gasteiger partial charge in [-0.1, -0.05) is 11.6 Å². The van der Waals surface area contributed by atoms with E-state index in [9.17, 15) is 9.59 Å². The fraction of sp³-hybridized carbons (Fsp3) is 0.333. The number of ether oxygens (including phenoxy) is 1. The van der Waals surface area contributed by atoms with E-state index in [4.69, 9.17) is 16.7 Å². The molecule has 4 nitrogen and oxygen atoms in total. The summed E-state index contributed by atoms with van der Waals surface area (Å²) in [7, 11) is 1.16. The number of hydrogen-bond acceptors (Lipinski definition) is 3. The molecule has 0 aliphatic heterocycles. The van der Waals surface area contributed by atoms with Gasteiger partial charge in [0.2, 0.25) is 0 Å². The van der Waals surface area contributed by atoms with Crippen LogP contribution in [0.25, 0.3) is 0 Å². The topological polar surface area (TPSA) is 63.6 Å². The monoisotopic (exact) mass is 178 g/mol. The maximum Gasteiger partial charge on any atom is 0.335 e. The summed E-state index contributed by atoms with van der Waals surface area (Å²) in [6.45, 7) is 0. The molecule has 0 aromatic rings. The Labute approximate surface area is 68.4 Å². The molecule has 0 bridgehead atoms. The van der Waals surface area contributed by atoms with Gasteiger partial charge in [-0.05, 0) is 0 Å². The van der Waals surface area contributed by atoms with Crippen molar-refractivity contribution in [2.75, 3.05) is 7.11 Å². The van der Waals surface area contributed by atoms with Gasteiger partial charge >= 0.3 is 11.9 Å². The van der Waals surface area contributed by atoms with E-state index in [2.05, 4.69) is 4.74 Å². The van der Waals surface area contributed by atoms with Crippen molar-refractivity contribution >= 4 is 23.5 Å². The fourth-order valence-electron chi connectivity index (χ4n) is 0.449. The van der Waals surface area contributed by atoms with Crippen LogP contribution in [0.2, 0.25) is 0 Å². The Balaban J connectivity index is 4.20. The number of hydrogen-bond donors (Lipinski definition) is 1. The summed E-state index contributed by atoms with van der Waals surface area (Å²) >= 11 is 5.16. The van der Waals surface area contributed by atoms with Crippen LogP contribution in [0.5, 0.6) is 0 Å². The third-order valence-electron chi connectivity index (χ3n) is 0.921. The van der Waals surface area contributed by atoms with Crippen molar-refractivity contribution < 1.29 is 19.4 Å². The Kier molecular flexibility index (Phi) is 4.29. The molecule has 0 aromatic carbocycles. The molecular weight excluding hydrogens is 172 g/mol. The van der Waals surface area contributed by atoms with Gasteiger partial charge in [0, 0.05) is 5.54 Å². The van der Waals surface area contributed by atoms with Gasteiger partial charge in [0.1, 0.15) is 0 Å². The van der Waals surface area contributed by atoms with Gasteiger partial charge in [-0.25, -0.2) is 4.79 Å². The summed E-state index contributed by atoms with van der Waals surface area (Å²) in [5, 5.41) is 8.25. The van der Waals surface area contributed by atoms with Crippen LogP contribution in [0.3, 0.4) is 0 Å². The lowest BCUT2D eigenvalue weighted by Crippen LogP contribution is -2.08. The van der Waals surface area contributed by atoms with Crippen molar-refractivity contribution in [3.05, 3.63) is 11.1 Å². The highest BCUT2D eigenvalue weighted by Crippen LogP contribution is 2.04. The number of carbonyl (C=O) groups is 2. The highest BCUT2D eigenvalue weighted by atomic mass is 35.5. The van der Waals surface area contributed by atoms with Crippen LogP contribution in [0.15, 0.2) is 11.1 Å². The van der Waals surface area contributed by atoms with Crippen LogP contribution >= 0.6 is 11.6 Å². The summed E-state index contributed by atoms with van der Waals surface area (Å²) < 4.78 is 4.25. The van der Waals surface area contributed by atoms with Crippen LogP contribution < -0.4 is 0 Å². The Hall–Kier alpha value is -1.03. The van der Waals surface area contributed by atoms with Gasteiger partial charge in [0.05, 0.1) is 19.1 Å². The van der Waals surface area contributed by atoms with E-state index < -0.39 is 18.4 Å². The lowest BCUT2D eigenvalue weighted by molar-refractivity contribution is -0.141. The molecule has 0 amide bonds. The Morgan fingerprint density at radius 1 is 1.64 bits per heavy atom. The molecule has 0 aromatic heterocycles. The number of aliphatic carboxylic acids is 1. The number of halogens is 1. The number of methoxy groups -OCH3 is 1. The molecule has 11 heavy (non-hydrogen) atoms. The summed E-state index contributed by atoms with van der Waals surface area (Å²) in [6.07, 6.45) is -0.420. The van der Waals surface area contributed by atoms with Gasteiger partial charge in [-0.15, -0.1) is 0 Å². The standard InChI is InChI=1S/C6H7ClO4/c1-11-6(10)4(3-7)2-5(8)9/h3H,2H2,1H3,(H,8,9)/b4-3-. The minimum Gasteiger partial charge on any atom is -0.481 e. The highest BCUT2D eigenvalue weighted by molar-refractivity contribution is 6.27. The van der Waals surface area contributed by atoms with Crippen molar-refractivity contribution in [2.24, 2.45) is 0 Å². The lowest BCUT2D eigenvalue weighted by Gasteiger charge is -1.98. The minimum atomic E-state index is -1.12. The first-order valence-electron chi connectivity index (χ1n) is 2.71. The van der Waals surface area contributed by atoms with Crippen LogP contribution in [0.1, 0.15) is 6.42 Å². The predicted octanol–water partition coefficient (Wildman–Crippen LogP) is 0.757.